The summed E-state index contributed by atoms with van der Waals surface area (Å²) in [7, 11) is -3.43. The van der Waals surface area contributed by atoms with Crippen LogP contribution in [0.4, 0.5) is 5.13 Å². The SMILES string of the molecule is CCCCCOc1ccc(C(=O)Nc2nnc(S(=O)(=O)CCC)s2)cc1. The highest BCUT2D eigenvalue weighted by atomic mass is 32.2. The smallest absolute Gasteiger partial charge is 0.257 e. The molecule has 1 N–H and O–H groups in total. The van der Waals surface area contributed by atoms with Crippen molar-refractivity contribution in [1.29, 1.82) is 0 Å². The Morgan fingerprint density at radius 2 is 1.85 bits per heavy atom. The van der Waals surface area contributed by atoms with Gasteiger partial charge in [0, 0.05) is 5.56 Å². The maximum Gasteiger partial charge on any atom is 0.257 e. The van der Waals surface area contributed by atoms with Crippen molar-refractivity contribution in [2.24, 2.45) is 0 Å². The second kappa shape index (κ2) is 9.63. The molecule has 1 aromatic heterocycles. The zero-order chi connectivity index (χ0) is 19.0. The first-order valence-electron chi connectivity index (χ1n) is 8.56. The number of unbranched alkanes of at least 4 members (excludes halogenated alkanes) is 2. The van der Waals surface area contributed by atoms with Gasteiger partial charge in [0.1, 0.15) is 5.75 Å². The van der Waals surface area contributed by atoms with Crippen LogP contribution < -0.4 is 10.1 Å². The van der Waals surface area contributed by atoms with Crippen molar-refractivity contribution in [1.82, 2.24) is 10.2 Å². The number of nitrogens with zero attached hydrogens (tertiary/aromatic N) is 2. The lowest BCUT2D eigenvalue weighted by atomic mass is 10.2. The number of amides is 1. The van der Waals surface area contributed by atoms with Crippen LogP contribution in [-0.2, 0) is 9.84 Å². The van der Waals surface area contributed by atoms with Gasteiger partial charge in [0.2, 0.25) is 19.3 Å². The molecule has 0 aliphatic rings. The molecule has 9 heteroatoms. The fourth-order valence-corrected chi connectivity index (χ4v) is 4.50. The van der Waals surface area contributed by atoms with Gasteiger partial charge in [-0.25, -0.2) is 8.42 Å². The molecule has 1 heterocycles. The van der Waals surface area contributed by atoms with Crippen molar-refractivity contribution in [2.45, 2.75) is 43.9 Å². The Hall–Kier alpha value is -2.00. The molecular formula is C17H23N3O4S2. The molecular weight excluding hydrogens is 374 g/mol. The highest BCUT2D eigenvalue weighted by Gasteiger charge is 2.20. The molecule has 142 valence electrons. The molecule has 0 aliphatic carbocycles. The highest BCUT2D eigenvalue weighted by Crippen LogP contribution is 2.22. The number of anilines is 1. The van der Waals surface area contributed by atoms with E-state index in [9.17, 15) is 13.2 Å². The third kappa shape index (κ3) is 5.77. The molecule has 1 amide bonds. The van der Waals surface area contributed by atoms with Gasteiger partial charge in [-0.1, -0.05) is 38.0 Å². The van der Waals surface area contributed by atoms with Crippen LogP contribution in [0.1, 0.15) is 49.9 Å². The number of hydrogen-bond acceptors (Lipinski definition) is 7. The predicted molar refractivity (Wildman–Crippen MR) is 102 cm³/mol. The van der Waals surface area contributed by atoms with Gasteiger partial charge in [0.25, 0.3) is 5.91 Å². The minimum Gasteiger partial charge on any atom is -0.494 e. The number of carbonyl (C=O) groups excluding carboxylic acids is 1. The first-order valence-corrected chi connectivity index (χ1v) is 11.0. The van der Waals surface area contributed by atoms with E-state index >= 15 is 0 Å². The molecule has 1 aromatic carbocycles. The number of aromatic nitrogens is 2. The van der Waals surface area contributed by atoms with Crippen molar-refractivity contribution < 1.29 is 17.9 Å². The molecule has 0 aliphatic heterocycles. The Balaban J connectivity index is 1.94. The van der Waals surface area contributed by atoms with Crippen molar-refractivity contribution in [3.05, 3.63) is 29.8 Å². The number of rotatable bonds is 10. The minimum atomic E-state index is -3.43. The van der Waals surface area contributed by atoms with E-state index in [4.69, 9.17) is 4.74 Å². The summed E-state index contributed by atoms with van der Waals surface area (Å²) in [5, 5.41) is 10.1. The van der Waals surface area contributed by atoms with Gasteiger partial charge in [-0.05, 0) is 37.1 Å². The molecule has 2 rings (SSSR count). The zero-order valence-corrected chi connectivity index (χ0v) is 16.5. The topological polar surface area (TPSA) is 98.2 Å². The Bertz CT molecular complexity index is 817. The van der Waals surface area contributed by atoms with Gasteiger partial charge >= 0.3 is 0 Å². The lowest BCUT2D eigenvalue weighted by Crippen LogP contribution is -2.11. The molecule has 0 bridgehead atoms. The van der Waals surface area contributed by atoms with Crippen molar-refractivity contribution in [2.75, 3.05) is 17.7 Å². The minimum absolute atomic E-state index is 0.00922. The fraction of sp³-hybridized carbons (Fsp3) is 0.471. The molecule has 26 heavy (non-hydrogen) atoms. The summed E-state index contributed by atoms with van der Waals surface area (Å²) in [5.74, 6) is 0.342. The number of hydrogen-bond donors (Lipinski definition) is 1. The number of nitrogens with one attached hydrogen (secondary N) is 1. The van der Waals surface area contributed by atoms with Gasteiger partial charge in [0.15, 0.2) is 0 Å². The molecule has 0 radical (unpaired) electrons. The number of benzene rings is 1. The number of ether oxygens (including phenoxy) is 1. The predicted octanol–water partition coefficient (Wildman–Crippen LogP) is 3.54. The van der Waals surface area contributed by atoms with Crippen LogP contribution in [0.3, 0.4) is 0 Å². The van der Waals surface area contributed by atoms with Crippen LogP contribution in [-0.4, -0.2) is 36.9 Å². The van der Waals surface area contributed by atoms with Crippen LogP contribution in [0.15, 0.2) is 28.6 Å². The summed E-state index contributed by atoms with van der Waals surface area (Å²) in [6, 6.07) is 6.77. The summed E-state index contributed by atoms with van der Waals surface area (Å²) < 4.78 is 29.4. The summed E-state index contributed by atoms with van der Waals surface area (Å²) >= 11 is 0.855. The monoisotopic (exact) mass is 397 g/mol. The summed E-state index contributed by atoms with van der Waals surface area (Å²) in [6.07, 6.45) is 3.75. The Kier molecular flexibility index (Phi) is 7.52. The van der Waals surface area contributed by atoms with E-state index in [2.05, 4.69) is 22.4 Å². The highest BCUT2D eigenvalue weighted by molar-refractivity contribution is 7.93. The van der Waals surface area contributed by atoms with E-state index in [0.717, 1.165) is 30.6 Å². The van der Waals surface area contributed by atoms with Crippen molar-refractivity contribution in [3.63, 3.8) is 0 Å². The van der Waals surface area contributed by atoms with E-state index in [1.165, 1.54) is 0 Å². The summed E-state index contributed by atoms with van der Waals surface area (Å²) in [4.78, 5) is 12.2. The first-order chi connectivity index (χ1) is 12.5. The normalized spacial score (nSPS) is 11.3. The average molecular weight is 398 g/mol. The van der Waals surface area contributed by atoms with E-state index in [0.29, 0.717) is 24.3 Å². The second-order valence-electron chi connectivity index (χ2n) is 5.73. The maximum atomic E-state index is 12.2. The largest absolute Gasteiger partial charge is 0.494 e. The quantitative estimate of drug-likeness (QED) is 0.486. The van der Waals surface area contributed by atoms with Gasteiger partial charge in [-0.3, -0.25) is 10.1 Å². The third-order valence-corrected chi connectivity index (χ3v) is 6.70. The molecule has 0 saturated heterocycles. The molecule has 0 atom stereocenters. The van der Waals surface area contributed by atoms with Crippen LogP contribution in [0, 0.1) is 0 Å². The van der Waals surface area contributed by atoms with E-state index in [1.807, 2.05) is 0 Å². The van der Waals surface area contributed by atoms with Crippen molar-refractivity contribution in [3.8, 4) is 5.75 Å². The van der Waals surface area contributed by atoms with Crippen LogP contribution in [0.25, 0.3) is 0 Å². The standard InChI is InChI=1S/C17H23N3O4S2/c1-3-5-6-11-24-14-9-7-13(8-10-14)15(21)18-16-19-20-17(25-16)26(22,23)12-4-2/h7-10H,3-6,11-12H2,1-2H3,(H,18,19,21). The molecule has 0 saturated carbocycles. The third-order valence-electron chi connectivity index (χ3n) is 3.50. The first kappa shape index (κ1) is 20.3. The van der Waals surface area contributed by atoms with Gasteiger partial charge in [-0.15, -0.1) is 10.2 Å². The zero-order valence-electron chi connectivity index (χ0n) is 14.9. The number of carbonyl (C=O) groups is 1. The Labute approximate surface area is 157 Å². The van der Waals surface area contributed by atoms with E-state index < -0.39 is 9.84 Å². The van der Waals surface area contributed by atoms with Crippen LogP contribution >= 0.6 is 11.3 Å². The van der Waals surface area contributed by atoms with Gasteiger partial charge in [-0.2, -0.15) is 0 Å². The lowest BCUT2D eigenvalue weighted by Gasteiger charge is -2.06. The van der Waals surface area contributed by atoms with Crippen LogP contribution in [0.5, 0.6) is 5.75 Å². The molecule has 0 unspecified atom stereocenters. The van der Waals surface area contributed by atoms with E-state index in [-0.39, 0.29) is 21.1 Å². The molecule has 0 spiro atoms. The second-order valence-corrected chi connectivity index (χ2v) is 8.99. The number of sulfone groups is 1. The Morgan fingerprint density at radius 3 is 2.50 bits per heavy atom. The van der Waals surface area contributed by atoms with Gasteiger partial charge < -0.3 is 4.74 Å². The maximum absolute atomic E-state index is 12.2. The summed E-state index contributed by atoms with van der Waals surface area (Å²) in [5.41, 5.74) is 0.430. The fourth-order valence-electron chi connectivity index (χ4n) is 2.16. The van der Waals surface area contributed by atoms with Crippen LogP contribution in [0.2, 0.25) is 0 Å². The average Bonchev–Trinajstić information content (AvgIpc) is 3.09. The van der Waals surface area contributed by atoms with Crippen molar-refractivity contribution >= 4 is 32.2 Å². The molecule has 7 nitrogen and oxygen atoms in total. The molecule has 0 fully saturated rings. The summed E-state index contributed by atoms with van der Waals surface area (Å²) in [6.45, 7) is 4.56. The lowest BCUT2D eigenvalue weighted by molar-refractivity contribution is 0.102. The van der Waals surface area contributed by atoms with E-state index in [1.54, 1.807) is 31.2 Å². The molecule has 2 aromatic rings. The van der Waals surface area contributed by atoms with Gasteiger partial charge in [0.05, 0.1) is 12.4 Å². The Morgan fingerprint density at radius 1 is 1.12 bits per heavy atom.